The first-order valence-corrected chi connectivity index (χ1v) is 8.81. The van der Waals surface area contributed by atoms with Gasteiger partial charge in [0.1, 0.15) is 11.5 Å². The summed E-state index contributed by atoms with van der Waals surface area (Å²) in [5.74, 6) is 1.68. The van der Waals surface area contributed by atoms with Crippen LogP contribution >= 0.6 is 0 Å². The topological polar surface area (TPSA) is 30.5 Å². The zero-order chi connectivity index (χ0) is 18.4. The minimum absolute atomic E-state index is 0.285. The molecule has 26 heavy (non-hydrogen) atoms. The fourth-order valence-electron chi connectivity index (χ4n) is 3.07. The van der Waals surface area contributed by atoms with Crippen LogP contribution in [0.3, 0.4) is 0 Å². The van der Waals surface area contributed by atoms with Crippen LogP contribution in [0.25, 0.3) is 11.1 Å². The highest BCUT2D eigenvalue weighted by atomic mass is 16.5. The lowest BCUT2D eigenvalue weighted by Gasteiger charge is -2.17. The van der Waals surface area contributed by atoms with Crippen molar-refractivity contribution in [3.05, 3.63) is 83.9 Å². The summed E-state index contributed by atoms with van der Waals surface area (Å²) in [5.41, 5.74) is 4.56. The molecule has 3 rings (SSSR count). The van der Waals surface area contributed by atoms with Gasteiger partial charge < -0.3 is 14.8 Å². The third kappa shape index (κ3) is 4.06. The number of para-hydroxylation sites is 1. The fourth-order valence-corrected chi connectivity index (χ4v) is 3.07. The Balaban J connectivity index is 1.84. The van der Waals surface area contributed by atoms with Crippen LogP contribution in [0.5, 0.6) is 11.5 Å². The second-order valence-corrected chi connectivity index (χ2v) is 6.25. The Labute approximate surface area is 155 Å². The molecule has 0 fully saturated rings. The van der Waals surface area contributed by atoms with Gasteiger partial charge in [-0.2, -0.15) is 0 Å². The van der Waals surface area contributed by atoms with Crippen molar-refractivity contribution in [2.24, 2.45) is 0 Å². The third-order valence-corrected chi connectivity index (χ3v) is 4.57. The number of ether oxygens (including phenoxy) is 2. The molecular weight excluding hydrogens is 322 g/mol. The maximum Gasteiger partial charge on any atom is 0.126 e. The van der Waals surface area contributed by atoms with Crippen molar-refractivity contribution in [3.63, 3.8) is 0 Å². The van der Waals surface area contributed by atoms with Crippen LogP contribution < -0.4 is 14.8 Å². The van der Waals surface area contributed by atoms with Crippen molar-refractivity contribution >= 4 is 0 Å². The molecule has 0 aromatic heterocycles. The fraction of sp³-hybridized carbons (Fsp3) is 0.217. The summed E-state index contributed by atoms with van der Waals surface area (Å²) in [5, 5.41) is 3.59. The largest absolute Gasteiger partial charge is 0.496 e. The molecule has 3 heteroatoms. The van der Waals surface area contributed by atoms with Crippen molar-refractivity contribution in [2.75, 3.05) is 14.2 Å². The third-order valence-electron chi connectivity index (χ3n) is 4.57. The molecule has 0 saturated heterocycles. The molecule has 0 spiro atoms. The van der Waals surface area contributed by atoms with E-state index in [1.807, 2.05) is 30.3 Å². The molecule has 0 aliphatic heterocycles. The van der Waals surface area contributed by atoms with Crippen LogP contribution in [0, 0.1) is 0 Å². The molecule has 3 aromatic rings. The Morgan fingerprint density at radius 2 is 1.42 bits per heavy atom. The van der Waals surface area contributed by atoms with Gasteiger partial charge in [-0.15, -0.1) is 0 Å². The van der Waals surface area contributed by atoms with Crippen LogP contribution in [-0.4, -0.2) is 14.2 Å². The molecule has 0 heterocycles. The molecular formula is C23H25NO2. The summed E-state index contributed by atoms with van der Waals surface area (Å²) >= 11 is 0. The lowest BCUT2D eigenvalue weighted by atomic mass is 10.0. The highest BCUT2D eigenvalue weighted by Crippen LogP contribution is 2.36. The number of nitrogens with one attached hydrogen (secondary N) is 1. The lowest BCUT2D eigenvalue weighted by Crippen LogP contribution is -2.18. The molecule has 0 bridgehead atoms. The van der Waals surface area contributed by atoms with E-state index in [0.29, 0.717) is 0 Å². The van der Waals surface area contributed by atoms with Gasteiger partial charge in [0, 0.05) is 23.7 Å². The normalized spacial score (nSPS) is 11.8. The average molecular weight is 347 g/mol. The van der Waals surface area contributed by atoms with Crippen molar-refractivity contribution < 1.29 is 9.47 Å². The zero-order valence-electron chi connectivity index (χ0n) is 15.5. The van der Waals surface area contributed by atoms with E-state index >= 15 is 0 Å². The first-order valence-electron chi connectivity index (χ1n) is 8.81. The van der Waals surface area contributed by atoms with Crippen molar-refractivity contribution in [1.29, 1.82) is 0 Å². The highest BCUT2D eigenvalue weighted by Gasteiger charge is 2.12. The quantitative estimate of drug-likeness (QED) is 0.635. The van der Waals surface area contributed by atoms with Crippen molar-refractivity contribution in [3.8, 4) is 22.6 Å². The minimum atomic E-state index is 0.285. The molecule has 0 saturated carbocycles. The highest BCUT2D eigenvalue weighted by molar-refractivity contribution is 5.76. The summed E-state index contributed by atoms with van der Waals surface area (Å²) in [7, 11) is 3.39. The summed E-state index contributed by atoms with van der Waals surface area (Å²) in [4.78, 5) is 0. The van der Waals surface area contributed by atoms with Crippen LogP contribution in [0.1, 0.15) is 24.1 Å². The zero-order valence-corrected chi connectivity index (χ0v) is 15.5. The van der Waals surface area contributed by atoms with Crippen LogP contribution in [0.4, 0.5) is 0 Å². The second kappa shape index (κ2) is 8.54. The predicted octanol–water partition coefficient (Wildman–Crippen LogP) is 5.22. The number of rotatable bonds is 7. The van der Waals surface area contributed by atoms with Crippen molar-refractivity contribution in [2.45, 2.75) is 19.5 Å². The number of benzene rings is 3. The molecule has 134 valence electrons. The maximum atomic E-state index is 5.57. The first kappa shape index (κ1) is 18.0. The minimum Gasteiger partial charge on any atom is -0.496 e. The van der Waals surface area contributed by atoms with Gasteiger partial charge in [-0.1, -0.05) is 54.6 Å². The number of hydrogen-bond donors (Lipinski definition) is 1. The van der Waals surface area contributed by atoms with E-state index in [9.17, 15) is 0 Å². The number of hydrogen-bond acceptors (Lipinski definition) is 3. The SMILES string of the molecule is COc1ccccc1-c1cc(CNC(C)c2ccccc2)ccc1OC. The Morgan fingerprint density at radius 3 is 2.15 bits per heavy atom. The predicted molar refractivity (Wildman–Crippen MR) is 107 cm³/mol. The smallest absolute Gasteiger partial charge is 0.126 e. The Hall–Kier alpha value is -2.78. The van der Waals surface area contributed by atoms with Gasteiger partial charge in [-0.3, -0.25) is 0 Å². The summed E-state index contributed by atoms with van der Waals surface area (Å²) in [6.45, 7) is 2.96. The molecule has 1 atom stereocenters. The van der Waals surface area contributed by atoms with Gasteiger partial charge in [0.2, 0.25) is 0 Å². The monoisotopic (exact) mass is 347 g/mol. The van der Waals surface area contributed by atoms with Crippen LogP contribution in [0.15, 0.2) is 72.8 Å². The maximum absolute atomic E-state index is 5.57. The molecule has 0 aliphatic carbocycles. The van der Waals surface area contributed by atoms with Gasteiger partial charge in [0.25, 0.3) is 0 Å². The van der Waals surface area contributed by atoms with Gasteiger partial charge in [0.15, 0.2) is 0 Å². The van der Waals surface area contributed by atoms with Gasteiger partial charge in [0.05, 0.1) is 14.2 Å². The Kier molecular flexibility index (Phi) is 5.92. The van der Waals surface area contributed by atoms with Crippen LogP contribution in [0.2, 0.25) is 0 Å². The molecule has 3 nitrogen and oxygen atoms in total. The van der Waals surface area contributed by atoms with Crippen LogP contribution in [-0.2, 0) is 6.54 Å². The first-order chi connectivity index (χ1) is 12.7. The van der Waals surface area contributed by atoms with Gasteiger partial charge >= 0.3 is 0 Å². The molecule has 1 unspecified atom stereocenters. The summed E-state index contributed by atoms with van der Waals surface area (Å²) in [6.07, 6.45) is 0. The number of methoxy groups -OCH3 is 2. The standard InChI is InChI=1S/C23H25NO2/c1-17(19-9-5-4-6-10-19)24-16-18-13-14-23(26-3)21(15-18)20-11-7-8-12-22(20)25-2/h4-15,17,24H,16H2,1-3H3. The molecule has 3 aromatic carbocycles. The van der Waals surface area contributed by atoms with E-state index < -0.39 is 0 Å². The average Bonchev–Trinajstić information content (AvgIpc) is 2.72. The van der Waals surface area contributed by atoms with E-state index in [4.69, 9.17) is 9.47 Å². The van der Waals surface area contributed by atoms with E-state index in [2.05, 4.69) is 54.7 Å². The van der Waals surface area contributed by atoms with Gasteiger partial charge in [-0.05, 0) is 36.2 Å². The Bertz CT molecular complexity index is 846. The van der Waals surface area contributed by atoms with E-state index in [1.54, 1.807) is 14.2 Å². The summed E-state index contributed by atoms with van der Waals surface area (Å²) < 4.78 is 11.1. The molecule has 0 radical (unpaired) electrons. The molecule has 0 aliphatic rings. The lowest BCUT2D eigenvalue weighted by molar-refractivity contribution is 0.410. The molecule has 1 N–H and O–H groups in total. The van der Waals surface area contributed by atoms with E-state index in [0.717, 1.165) is 29.2 Å². The summed E-state index contributed by atoms with van der Waals surface area (Å²) in [6, 6.07) is 25.1. The second-order valence-electron chi connectivity index (χ2n) is 6.25. The van der Waals surface area contributed by atoms with Crippen molar-refractivity contribution in [1.82, 2.24) is 5.32 Å². The van der Waals surface area contributed by atoms with E-state index in [-0.39, 0.29) is 6.04 Å². The van der Waals surface area contributed by atoms with Gasteiger partial charge in [-0.25, -0.2) is 0 Å². The Morgan fingerprint density at radius 1 is 0.769 bits per heavy atom. The van der Waals surface area contributed by atoms with E-state index in [1.165, 1.54) is 11.1 Å². The molecule has 0 amide bonds.